The van der Waals surface area contributed by atoms with Crippen LogP contribution in [-0.4, -0.2) is 16.1 Å². The van der Waals surface area contributed by atoms with Gasteiger partial charge in [-0.1, -0.05) is 0 Å². The van der Waals surface area contributed by atoms with Crippen molar-refractivity contribution in [1.29, 1.82) is 0 Å². The Labute approximate surface area is 58.0 Å². The van der Waals surface area contributed by atoms with Crippen molar-refractivity contribution in [1.82, 2.24) is 0 Å². The maximum absolute atomic E-state index is 9.45. The molecule has 0 aromatic heterocycles. The van der Waals surface area contributed by atoms with Crippen LogP contribution in [0.25, 0.3) is 0 Å². The lowest BCUT2D eigenvalue weighted by Crippen LogP contribution is -2.18. The summed E-state index contributed by atoms with van der Waals surface area (Å²) in [5.74, 6) is 3.56. The lowest BCUT2D eigenvalue weighted by Gasteiger charge is -2.14. The van der Waals surface area contributed by atoms with Crippen LogP contribution in [0, 0.1) is 29.6 Å². The first kappa shape index (κ1) is 4.20. The minimum atomic E-state index is 0.00231. The van der Waals surface area contributed by atoms with Gasteiger partial charge in [0, 0.05) is 5.92 Å². The molecule has 7 unspecified atom stereocenters. The summed E-state index contributed by atoms with van der Waals surface area (Å²) in [6.45, 7) is 0. The van der Waals surface area contributed by atoms with E-state index in [1.54, 1.807) is 0 Å². The summed E-state index contributed by atoms with van der Waals surface area (Å²) in [4.78, 5) is 0.148. The Morgan fingerprint density at radius 3 is 2.00 bits per heavy atom. The molecule has 5 aliphatic carbocycles. The number of halogens is 1. The molecule has 0 amide bonds. The standard InChI is InChI=1S/C7H7ClO/c8-7-3-1-2(3)6(9)5(7)4(1)7/h1-6,9H. The van der Waals surface area contributed by atoms with Gasteiger partial charge in [0.25, 0.3) is 0 Å². The Bertz CT molecular complexity index is 211. The molecule has 5 saturated carbocycles. The number of hydrogen-bond donors (Lipinski definition) is 1. The first-order valence-corrected chi connectivity index (χ1v) is 4.02. The van der Waals surface area contributed by atoms with E-state index in [0.29, 0.717) is 11.8 Å². The van der Waals surface area contributed by atoms with E-state index in [2.05, 4.69) is 0 Å². The van der Waals surface area contributed by atoms with E-state index in [-0.39, 0.29) is 11.0 Å². The van der Waals surface area contributed by atoms with Gasteiger partial charge in [0.15, 0.2) is 0 Å². The minimum Gasteiger partial charge on any atom is -0.392 e. The summed E-state index contributed by atoms with van der Waals surface area (Å²) in [7, 11) is 0. The van der Waals surface area contributed by atoms with Crippen LogP contribution in [0.3, 0.4) is 0 Å². The topological polar surface area (TPSA) is 20.2 Å². The molecule has 1 N–H and O–H groups in total. The second-order valence-corrected chi connectivity index (χ2v) is 4.70. The third-order valence-corrected chi connectivity index (χ3v) is 4.88. The van der Waals surface area contributed by atoms with E-state index in [0.717, 1.165) is 17.8 Å². The summed E-state index contributed by atoms with van der Waals surface area (Å²) in [5.41, 5.74) is 0. The molecule has 2 bridgehead atoms. The molecule has 9 heavy (non-hydrogen) atoms. The summed E-state index contributed by atoms with van der Waals surface area (Å²) < 4.78 is 0. The Kier molecular flexibility index (Phi) is 0.344. The Morgan fingerprint density at radius 1 is 1.11 bits per heavy atom. The first-order chi connectivity index (χ1) is 4.28. The molecule has 5 fully saturated rings. The Balaban J connectivity index is 2.02. The molecule has 0 aliphatic heterocycles. The van der Waals surface area contributed by atoms with E-state index < -0.39 is 0 Å². The van der Waals surface area contributed by atoms with Crippen LogP contribution in [0.4, 0.5) is 0 Å². The van der Waals surface area contributed by atoms with Gasteiger partial charge in [-0.2, -0.15) is 0 Å². The summed E-state index contributed by atoms with van der Waals surface area (Å²) in [6.07, 6.45) is 0.00231. The van der Waals surface area contributed by atoms with Crippen molar-refractivity contribution in [3.63, 3.8) is 0 Å². The number of rotatable bonds is 0. The van der Waals surface area contributed by atoms with Crippen LogP contribution in [-0.2, 0) is 0 Å². The fourth-order valence-electron chi connectivity index (χ4n) is 3.86. The molecule has 1 nitrogen and oxygen atoms in total. The second-order valence-electron chi connectivity index (χ2n) is 4.05. The third kappa shape index (κ3) is 0.181. The molecule has 0 radical (unpaired) electrons. The summed E-state index contributed by atoms with van der Waals surface area (Å²) in [5, 5.41) is 9.45. The van der Waals surface area contributed by atoms with E-state index in [1.807, 2.05) is 0 Å². The normalized spacial score (nSPS) is 94.0. The van der Waals surface area contributed by atoms with Crippen LogP contribution in [0.15, 0.2) is 0 Å². The summed E-state index contributed by atoms with van der Waals surface area (Å²) in [6, 6.07) is 0. The zero-order valence-corrected chi connectivity index (χ0v) is 5.55. The molecule has 5 aliphatic rings. The highest BCUT2D eigenvalue weighted by Crippen LogP contribution is 2.96. The second kappa shape index (κ2) is 0.737. The molecule has 7 atom stereocenters. The average molecular weight is 143 g/mol. The highest BCUT2D eigenvalue weighted by molar-refractivity contribution is 6.29. The lowest BCUT2D eigenvalue weighted by atomic mass is 10.0. The van der Waals surface area contributed by atoms with Gasteiger partial charge < -0.3 is 5.11 Å². The van der Waals surface area contributed by atoms with Crippen molar-refractivity contribution in [2.45, 2.75) is 11.0 Å². The minimum absolute atomic E-state index is 0.00231. The number of aliphatic hydroxyl groups is 1. The number of alkyl halides is 1. The van der Waals surface area contributed by atoms with Crippen molar-refractivity contribution >= 4 is 11.6 Å². The van der Waals surface area contributed by atoms with E-state index >= 15 is 0 Å². The van der Waals surface area contributed by atoms with Crippen LogP contribution in [0.1, 0.15) is 0 Å². The SMILES string of the molecule is OC1C2C3C2C2(Cl)C1C32. The van der Waals surface area contributed by atoms with Gasteiger partial charge in [-0.3, -0.25) is 0 Å². The van der Waals surface area contributed by atoms with Crippen LogP contribution in [0.5, 0.6) is 0 Å². The molecule has 2 heteroatoms. The fraction of sp³-hybridized carbons (Fsp3) is 1.00. The molecule has 0 aromatic carbocycles. The number of hydrogen-bond acceptors (Lipinski definition) is 1. The molecular formula is C7H7ClO. The van der Waals surface area contributed by atoms with Gasteiger partial charge in [-0.05, 0) is 23.7 Å². The quantitative estimate of drug-likeness (QED) is 0.488. The predicted molar refractivity (Wildman–Crippen MR) is 32.0 cm³/mol. The van der Waals surface area contributed by atoms with Gasteiger partial charge in [0.05, 0.1) is 11.0 Å². The van der Waals surface area contributed by atoms with Crippen molar-refractivity contribution in [2.24, 2.45) is 29.6 Å². The molecular weight excluding hydrogens is 136 g/mol. The smallest absolute Gasteiger partial charge is 0.0623 e. The Hall–Kier alpha value is 0.250. The number of aliphatic hydroxyl groups excluding tert-OH is 1. The zero-order valence-electron chi connectivity index (χ0n) is 4.79. The summed E-state index contributed by atoms with van der Waals surface area (Å²) >= 11 is 6.20. The third-order valence-electron chi connectivity index (χ3n) is 4.12. The molecule has 48 valence electrons. The highest BCUT2D eigenvalue weighted by atomic mass is 35.5. The lowest BCUT2D eigenvalue weighted by molar-refractivity contribution is 0.150. The molecule has 0 saturated heterocycles. The van der Waals surface area contributed by atoms with Crippen molar-refractivity contribution in [2.75, 3.05) is 0 Å². The van der Waals surface area contributed by atoms with Crippen molar-refractivity contribution in [3.05, 3.63) is 0 Å². The maximum atomic E-state index is 9.45. The van der Waals surface area contributed by atoms with E-state index in [1.165, 1.54) is 0 Å². The monoisotopic (exact) mass is 142 g/mol. The van der Waals surface area contributed by atoms with E-state index in [9.17, 15) is 5.11 Å². The van der Waals surface area contributed by atoms with Crippen molar-refractivity contribution < 1.29 is 5.11 Å². The average Bonchev–Trinajstić information content (AvgIpc) is 2.53. The molecule has 0 heterocycles. The van der Waals surface area contributed by atoms with Gasteiger partial charge in [0.1, 0.15) is 0 Å². The molecule has 0 aromatic rings. The van der Waals surface area contributed by atoms with E-state index in [4.69, 9.17) is 11.6 Å². The maximum Gasteiger partial charge on any atom is 0.0623 e. The van der Waals surface area contributed by atoms with Crippen LogP contribution in [0.2, 0.25) is 0 Å². The Morgan fingerprint density at radius 2 is 1.89 bits per heavy atom. The van der Waals surface area contributed by atoms with Gasteiger partial charge in [-0.25, -0.2) is 0 Å². The fourth-order valence-corrected chi connectivity index (χ4v) is 4.63. The van der Waals surface area contributed by atoms with Crippen molar-refractivity contribution in [3.8, 4) is 0 Å². The molecule has 0 spiro atoms. The zero-order chi connectivity index (χ0) is 5.96. The largest absolute Gasteiger partial charge is 0.392 e. The van der Waals surface area contributed by atoms with Gasteiger partial charge >= 0.3 is 0 Å². The highest BCUT2D eigenvalue weighted by Gasteiger charge is 2.99. The van der Waals surface area contributed by atoms with Crippen LogP contribution < -0.4 is 0 Å². The predicted octanol–water partition coefficient (Wildman–Crippen LogP) is 0.460. The first-order valence-electron chi connectivity index (χ1n) is 3.65. The van der Waals surface area contributed by atoms with Gasteiger partial charge in [0.2, 0.25) is 0 Å². The van der Waals surface area contributed by atoms with Gasteiger partial charge in [-0.15, -0.1) is 11.6 Å². The molecule has 5 rings (SSSR count). The van der Waals surface area contributed by atoms with Crippen LogP contribution >= 0.6 is 11.6 Å².